The number of β-amino-alcohol motifs (C(OH)–C–C–N with tert-alkyl or cyclic N) is 1. The Morgan fingerprint density at radius 3 is 2.96 bits per heavy atom. The lowest BCUT2D eigenvalue weighted by Crippen LogP contribution is -2.45. The standard InChI is InChI=1S/C18H19N3O2S2/c1-11-5-9-24-16(11)12-4-8-21(10-13(12)22)18(23)15-3-2-14(25-15)17-19-6-7-20-17/h2-3,5-7,9,12-13,22H,4,8,10H2,1H3,(H,19,20). The molecule has 2 atom stereocenters. The van der Waals surface area contributed by atoms with E-state index < -0.39 is 6.10 Å². The average Bonchev–Trinajstić information content (AvgIpc) is 3.35. The van der Waals surface area contributed by atoms with Crippen LogP contribution in [0.1, 0.15) is 32.5 Å². The zero-order valence-electron chi connectivity index (χ0n) is 13.8. The Morgan fingerprint density at radius 2 is 2.28 bits per heavy atom. The van der Waals surface area contributed by atoms with Crippen LogP contribution in [0.15, 0.2) is 36.0 Å². The first kappa shape index (κ1) is 16.5. The number of imidazole rings is 1. The lowest BCUT2D eigenvalue weighted by atomic mass is 9.90. The quantitative estimate of drug-likeness (QED) is 0.738. The van der Waals surface area contributed by atoms with Crippen LogP contribution in [0.3, 0.4) is 0 Å². The summed E-state index contributed by atoms with van der Waals surface area (Å²) in [4.78, 5) is 24.7. The molecule has 0 saturated carbocycles. The second kappa shape index (κ2) is 6.74. The van der Waals surface area contributed by atoms with E-state index in [9.17, 15) is 9.90 Å². The molecule has 3 aromatic rings. The number of aliphatic hydroxyl groups excluding tert-OH is 1. The van der Waals surface area contributed by atoms with Crippen molar-refractivity contribution in [1.29, 1.82) is 0 Å². The van der Waals surface area contributed by atoms with Gasteiger partial charge in [-0.05, 0) is 42.5 Å². The Bertz CT molecular complexity index is 869. The molecule has 7 heteroatoms. The van der Waals surface area contributed by atoms with Crippen LogP contribution in [-0.2, 0) is 0 Å². The molecule has 1 amide bonds. The minimum Gasteiger partial charge on any atom is -0.391 e. The minimum absolute atomic E-state index is 0.0109. The fourth-order valence-electron chi connectivity index (χ4n) is 3.32. The largest absolute Gasteiger partial charge is 0.391 e. The molecule has 0 radical (unpaired) electrons. The fraction of sp³-hybridized carbons (Fsp3) is 0.333. The summed E-state index contributed by atoms with van der Waals surface area (Å²) in [5, 5.41) is 12.7. The summed E-state index contributed by atoms with van der Waals surface area (Å²) in [5.74, 6) is 0.894. The van der Waals surface area contributed by atoms with Crippen molar-refractivity contribution < 1.29 is 9.90 Å². The van der Waals surface area contributed by atoms with E-state index >= 15 is 0 Å². The molecule has 1 saturated heterocycles. The third-order valence-corrected chi connectivity index (χ3v) is 6.89. The van der Waals surface area contributed by atoms with Gasteiger partial charge in [0.05, 0.1) is 15.9 Å². The van der Waals surface area contributed by atoms with Gasteiger partial charge >= 0.3 is 0 Å². The molecular weight excluding hydrogens is 354 g/mol. The summed E-state index contributed by atoms with van der Waals surface area (Å²) in [7, 11) is 0. The summed E-state index contributed by atoms with van der Waals surface area (Å²) in [6.07, 6.45) is 3.75. The monoisotopic (exact) mass is 373 g/mol. The Kier molecular flexibility index (Phi) is 4.45. The molecule has 3 aromatic heterocycles. The summed E-state index contributed by atoms with van der Waals surface area (Å²) in [6, 6.07) is 5.84. The molecule has 1 aliphatic heterocycles. The highest BCUT2D eigenvalue weighted by atomic mass is 32.1. The van der Waals surface area contributed by atoms with Gasteiger partial charge in [-0.2, -0.15) is 0 Å². The lowest BCUT2D eigenvalue weighted by molar-refractivity contribution is 0.0390. The van der Waals surface area contributed by atoms with Crippen LogP contribution in [0.4, 0.5) is 0 Å². The predicted molar refractivity (Wildman–Crippen MR) is 100 cm³/mol. The molecule has 0 aliphatic carbocycles. The maximum absolute atomic E-state index is 12.8. The van der Waals surface area contributed by atoms with E-state index in [2.05, 4.69) is 28.3 Å². The fourth-order valence-corrected chi connectivity index (χ4v) is 5.38. The van der Waals surface area contributed by atoms with Crippen LogP contribution in [0.25, 0.3) is 10.7 Å². The predicted octanol–water partition coefficient (Wildman–Crippen LogP) is 3.50. The van der Waals surface area contributed by atoms with Crippen LogP contribution >= 0.6 is 22.7 Å². The van der Waals surface area contributed by atoms with E-state index in [0.29, 0.717) is 18.0 Å². The highest BCUT2D eigenvalue weighted by molar-refractivity contribution is 7.17. The molecule has 2 N–H and O–H groups in total. The van der Waals surface area contributed by atoms with E-state index in [-0.39, 0.29) is 11.8 Å². The van der Waals surface area contributed by atoms with Crippen molar-refractivity contribution in [1.82, 2.24) is 14.9 Å². The molecule has 5 nitrogen and oxygen atoms in total. The smallest absolute Gasteiger partial charge is 0.264 e. The van der Waals surface area contributed by atoms with Gasteiger partial charge in [-0.15, -0.1) is 22.7 Å². The van der Waals surface area contributed by atoms with Crippen molar-refractivity contribution in [3.05, 3.63) is 51.3 Å². The zero-order valence-corrected chi connectivity index (χ0v) is 15.4. The average molecular weight is 374 g/mol. The van der Waals surface area contributed by atoms with Gasteiger partial charge in [-0.25, -0.2) is 4.98 Å². The number of likely N-dealkylation sites (tertiary alicyclic amines) is 1. The molecule has 1 aliphatic rings. The number of aryl methyl sites for hydroxylation is 1. The maximum atomic E-state index is 12.8. The van der Waals surface area contributed by atoms with Gasteiger partial charge in [-0.3, -0.25) is 4.79 Å². The number of thiophene rings is 2. The van der Waals surface area contributed by atoms with Crippen molar-refractivity contribution in [3.63, 3.8) is 0 Å². The third-order valence-electron chi connectivity index (χ3n) is 4.66. The SMILES string of the molecule is Cc1ccsc1C1CCN(C(=O)c2ccc(-c3ncc[nH]3)s2)CC1O. The first-order chi connectivity index (χ1) is 12.1. The van der Waals surface area contributed by atoms with Crippen molar-refractivity contribution in [2.75, 3.05) is 13.1 Å². The first-order valence-electron chi connectivity index (χ1n) is 8.24. The second-order valence-electron chi connectivity index (χ2n) is 6.28. The Labute approximate surface area is 154 Å². The molecular formula is C18H19N3O2S2. The Hall–Kier alpha value is -1.96. The third kappa shape index (κ3) is 3.15. The van der Waals surface area contributed by atoms with Crippen LogP contribution in [-0.4, -0.2) is 45.1 Å². The maximum Gasteiger partial charge on any atom is 0.264 e. The number of piperidine rings is 1. The van der Waals surface area contributed by atoms with Crippen molar-refractivity contribution >= 4 is 28.6 Å². The number of carbonyl (C=O) groups is 1. The number of rotatable bonds is 3. The van der Waals surface area contributed by atoms with Crippen LogP contribution in [0.5, 0.6) is 0 Å². The number of H-pyrrole nitrogens is 1. The van der Waals surface area contributed by atoms with Crippen LogP contribution < -0.4 is 0 Å². The van der Waals surface area contributed by atoms with Gasteiger partial charge in [-0.1, -0.05) is 0 Å². The molecule has 0 bridgehead atoms. The molecule has 2 unspecified atom stereocenters. The number of aliphatic hydroxyl groups is 1. The van der Waals surface area contributed by atoms with Crippen LogP contribution in [0, 0.1) is 6.92 Å². The highest BCUT2D eigenvalue weighted by Gasteiger charge is 2.33. The van der Waals surface area contributed by atoms with Gasteiger partial charge in [0, 0.05) is 36.3 Å². The molecule has 1 fully saturated rings. The van der Waals surface area contributed by atoms with E-state index in [1.807, 2.05) is 12.1 Å². The second-order valence-corrected chi connectivity index (χ2v) is 8.31. The lowest BCUT2D eigenvalue weighted by Gasteiger charge is -2.35. The van der Waals surface area contributed by atoms with Crippen LogP contribution in [0.2, 0.25) is 0 Å². The topological polar surface area (TPSA) is 69.2 Å². The van der Waals surface area contributed by atoms with E-state index in [1.165, 1.54) is 21.8 Å². The summed E-state index contributed by atoms with van der Waals surface area (Å²) in [5.41, 5.74) is 1.23. The number of hydrogen-bond acceptors (Lipinski definition) is 5. The number of nitrogens with zero attached hydrogens (tertiary/aromatic N) is 2. The minimum atomic E-state index is -0.514. The van der Waals surface area contributed by atoms with Gasteiger partial charge in [0.25, 0.3) is 5.91 Å². The molecule has 4 heterocycles. The molecule has 0 aromatic carbocycles. The van der Waals surface area contributed by atoms with Gasteiger partial charge in [0.2, 0.25) is 0 Å². The Morgan fingerprint density at radius 1 is 1.40 bits per heavy atom. The van der Waals surface area contributed by atoms with Gasteiger partial charge < -0.3 is 15.0 Å². The summed E-state index contributed by atoms with van der Waals surface area (Å²) >= 11 is 3.13. The number of carbonyl (C=O) groups excluding carboxylic acids is 1. The number of amides is 1. The molecule has 0 spiro atoms. The van der Waals surface area contributed by atoms with Crippen molar-refractivity contribution in [2.24, 2.45) is 0 Å². The summed E-state index contributed by atoms with van der Waals surface area (Å²) in [6.45, 7) is 3.14. The number of aromatic amines is 1. The summed E-state index contributed by atoms with van der Waals surface area (Å²) < 4.78 is 0. The number of aromatic nitrogens is 2. The first-order valence-corrected chi connectivity index (χ1v) is 9.94. The van der Waals surface area contributed by atoms with Crippen molar-refractivity contribution in [3.8, 4) is 10.7 Å². The zero-order chi connectivity index (χ0) is 17.4. The van der Waals surface area contributed by atoms with E-state index in [0.717, 1.165) is 17.1 Å². The van der Waals surface area contributed by atoms with E-state index in [4.69, 9.17) is 0 Å². The van der Waals surface area contributed by atoms with Gasteiger partial charge in [0.1, 0.15) is 5.82 Å². The normalized spacial score (nSPS) is 20.8. The van der Waals surface area contributed by atoms with Gasteiger partial charge in [0.15, 0.2) is 0 Å². The highest BCUT2D eigenvalue weighted by Crippen LogP contribution is 2.35. The van der Waals surface area contributed by atoms with Crippen molar-refractivity contribution in [2.45, 2.75) is 25.4 Å². The Balaban J connectivity index is 1.47. The molecule has 25 heavy (non-hydrogen) atoms. The molecule has 4 rings (SSSR count). The number of nitrogens with one attached hydrogen (secondary N) is 1. The number of hydrogen-bond donors (Lipinski definition) is 2. The molecule has 130 valence electrons. The van der Waals surface area contributed by atoms with E-state index in [1.54, 1.807) is 28.6 Å².